The molecule has 0 heterocycles. The van der Waals surface area contributed by atoms with Crippen molar-refractivity contribution in [3.63, 3.8) is 0 Å². The summed E-state index contributed by atoms with van der Waals surface area (Å²) < 4.78 is 11.6. The van der Waals surface area contributed by atoms with E-state index in [1.807, 2.05) is 12.1 Å². The van der Waals surface area contributed by atoms with Crippen molar-refractivity contribution in [1.82, 2.24) is 10.6 Å². The number of halogens is 1. The van der Waals surface area contributed by atoms with Gasteiger partial charge in [0.05, 0.1) is 25.2 Å². The van der Waals surface area contributed by atoms with Crippen LogP contribution in [0.25, 0.3) is 0 Å². The van der Waals surface area contributed by atoms with Crippen molar-refractivity contribution in [2.45, 2.75) is 32.9 Å². The Labute approximate surface area is 140 Å². The van der Waals surface area contributed by atoms with Gasteiger partial charge in [-0.25, -0.2) is 4.99 Å². The summed E-state index contributed by atoms with van der Waals surface area (Å²) in [7, 11) is 3.27. The lowest BCUT2D eigenvalue weighted by Gasteiger charge is -2.13. The van der Waals surface area contributed by atoms with Gasteiger partial charge in [0.15, 0.2) is 17.5 Å². The molecular formula is C16H24BrN3O2. The Bertz CT molecular complexity index is 548. The number of nitrogens with zero attached hydrogens (tertiary/aromatic N) is 1. The van der Waals surface area contributed by atoms with Gasteiger partial charge in [0.25, 0.3) is 0 Å². The molecule has 0 radical (unpaired) electrons. The summed E-state index contributed by atoms with van der Waals surface area (Å²) in [5.74, 6) is 3.00. The first-order valence-electron chi connectivity index (χ1n) is 7.54. The normalized spacial score (nSPS) is 20.5. The van der Waals surface area contributed by atoms with Crippen LogP contribution in [0, 0.1) is 5.92 Å². The van der Waals surface area contributed by atoms with E-state index >= 15 is 0 Å². The molecule has 1 aliphatic rings. The van der Waals surface area contributed by atoms with E-state index in [0.717, 1.165) is 28.5 Å². The minimum Gasteiger partial charge on any atom is -0.493 e. The van der Waals surface area contributed by atoms with Crippen molar-refractivity contribution in [3.05, 3.63) is 22.2 Å². The van der Waals surface area contributed by atoms with E-state index in [2.05, 4.69) is 45.4 Å². The van der Waals surface area contributed by atoms with E-state index in [4.69, 9.17) is 9.47 Å². The molecule has 0 bridgehead atoms. The molecule has 2 unspecified atom stereocenters. The lowest BCUT2D eigenvalue weighted by atomic mass is 10.2. The van der Waals surface area contributed by atoms with Gasteiger partial charge in [0.2, 0.25) is 0 Å². The molecule has 1 aromatic carbocycles. The van der Waals surface area contributed by atoms with Gasteiger partial charge in [-0.15, -0.1) is 0 Å². The lowest BCUT2D eigenvalue weighted by Crippen LogP contribution is -2.39. The van der Waals surface area contributed by atoms with Crippen molar-refractivity contribution in [2.75, 3.05) is 20.8 Å². The summed E-state index contributed by atoms with van der Waals surface area (Å²) in [6.45, 7) is 5.74. The summed E-state index contributed by atoms with van der Waals surface area (Å²) in [4.78, 5) is 4.65. The molecule has 1 aliphatic carbocycles. The minimum atomic E-state index is 0.551. The number of guanidine groups is 1. The fourth-order valence-electron chi connectivity index (χ4n) is 2.25. The summed E-state index contributed by atoms with van der Waals surface area (Å²) in [6.07, 6.45) is 1.21. The van der Waals surface area contributed by atoms with Gasteiger partial charge in [0, 0.05) is 12.6 Å². The molecule has 0 saturated heterocycles. The average Bonchev–Trinajstić information content (AvgIpc) is 3.19. The fraction of sp³-hybridized carbons (Fsp3) is 0.562. The number of hydrogen-bond donors (Lipinski definition) is 2. The van der Waals surface area contributed by atoms with Crippen LogP contribution < -0.4 is 20.1 Å². The number of ether oxygens (including phenoxy) is 2. The Balaban J connectivity index is 2.10. The van der Waals surface area contributed by atoms with E-state index < -0.39 is 0 Å². The third-order valence-corrected chi connectivity index (χ3v) is 4.28. The number of methoxy groups -OCH3 is 2. The zero-order chi connectivity index (χ0) is 16.1. The second-order valence-electron chi connectivity index (χ2n) is 5.47. The van der Waals surface area contributed by atoms with Gasteiger partial charge in [-0.2, -0.15) is 0 Å². The highest BCUT2D eigenvalue weighted by Gasteiger charge is 2.33. The molecule has 0 spiro atoms. The highest BCUT2D eigenvalue weighted by Crippen LogP contribution is 2.36. The number of aliphatic imine (C=N–C) groups is 1. The maximum Gasteiger partial charge on any atom is 0.191 e. The van der Waals surface area contributed by atoms with Crippen LogP contribution in [0.15, 0.2) is 21.6 Å². The zero-order valence-corrected chi connectivity index (χ0v) is 15.2. The quantitative estimate of drug-likeness (QED) is 0.597. The zero-order valence-electron chi connectivity index (χ0n) is 13.6. The molecule has 1 saturated carbocycles. The van der Waals surface area contributed by atoms with Crippen LogP contribution in [0.3, 0.4) is 0 Å². The molecule has 6 heteroatoms. The second-order valence-corrected chi connectivity index (χ2v) is 6.33. The van der Waals surface area contributed by atoms with E-state index in [1.165, 1.54) is 6.42 Å². The first-order chi connectivity index (χ1) is 10.6. The van der Waals surface area contributed by atoms with Crippen molar-refractivity contribution in [2.24, 2.45) is 10.9 Å². The number of hydrogen-bond acceptors (Lipinski definition) is 3. The molecule has 0 amide bonds. The summed E-state index contributed by atoms with van der Waals surface area (Å²) in [6, 6.07) is 4.51. The smallest absolute Gasteiger partial charge is 0.191 e. The molecule has 2 atom stereocenters. The average molecular weight is 370 g/mol. The van der Waals surface area contributed by atoms with Crippen LogP contribution >= 0.6 is 15.9 Å². The largest absolute Gasteiger partial charge is 0.493 e. The topological polar surface area (TPSA) is 54.9 Å². The molecule has 22 heavy (non-hydrogen) atoms. The van der Waals surface area contributed by atoms with Crippen LogP contribution in [-0.4, -0.2) is 32.8 Å². The Morgan fingerprint density at radius 1 is 1.36 bits per heavy atom. The van der Waals surface area contributed by atoms with Gasteiger partial charge >= 0.3 is 0 Å². The maximum atomic E-state index is 5.37. The van der Waals surface area contributed by atoms with Gasteiger partial charge < -0.3 is 20.1 Å². The van der Waals surface area contributed by atoms with Gasteiger partial charge in [0.1, 0.15) is 0 Å². The number of benzene rings is 1. The van der Waals surface area contributed by atoms with E-state index in [9.17, 15) is 0 Å². The van der Waals surface area contributed by atoms with Crippen LogP contribution in [0.1, 0.15) is 25.8 Å². The van der Waals surface area contributed by atoms with Gasteiger partial charge in [-0.05, 0) is 52.9 Å². The summed E-state index contributed by atoms with van der Waals surface area (Å²) in [5, 5.41) is 6.73. The molecular weight excluding hydrogens is 346 g/mol. The third-order valence-electron chi connectivity index (χ3n) is 3.69. The highest BCUT2D eigenvalue weighted by molar-refractivity contribution is 9.10. The molecule has 2 rings (SSSR count). The molecule has 2 N–H and O–H groups in total. The fourth-order valence-corrected chi connectivity index (χ4v) is 2.90. The van der Waals surface area contributed by atoms with Crippen molar-refractivity contribution in [1.29, 1.82) is 0 Å². The van der Waals surface area contributed by atoms with Crippen molar-refractivity contribution >= 4 is 21.9 Å². The van der Waals surface area contributed by atoms with Gasteiger partial charge in [-0.1, -0.05) is 6.92 Å². The predicted octanol–water partition coefficient (Wildman–Crippen LogP) is 2.93. The number of rotatable bonds is 6. The maximum absolute atomic E-state index is 5.37. The van der Waals surface area contributed by atoms with E-state index in [0.29, 0.717) is 24.1 Å². The van der Waals surface area contributed by atoms with Crippen LogP contribution in [0.2, 0.25) is 0 Å². The van der Waals surface area contributed by atoms with Crippen LogP contribution in [0.4, 0.5) is 0 Å². The van der Waals surface area contributed by atoms with Crippen LogP contribution in [-0.2, 0) is 6.54 Å². The molecule has 1 fully saturated rings. The molecule has 0 aromatic heterocycles. The minimum absolute atomic E-state index is 0.551. The monoisotopic (exact) mass is 369 g/mol. The van der Waals surface area contributed by atoms with Crippen molar-refractivity contribution < 1.29 is 9.47 Å². The molecule has 5 nitrogen and oxygen atoms in total. The lowest BCUT2D eigenvalue weighted by molar-refractivity contribution is 0.352. The Morgan fingerprint density at radius 3 is 2.64 bits per heavy atom. The Morgan fingerprint density at radius 2 is 2.09 bits per heavy atom. The molecule has 1 aromatic rings. The second kappa shape index (κ2) is 7.72. The molecule has 122 valence electrons. The first-order valence-corrected chi connectivity index (χ1v) is 8.33. The first kappa shape index (κ1) is 16.9. The number of nitrogens with one attached hydrogen (secondary N) is 2. The SMILES string of the molecule is CCNC(=NCc1cc(Br)c(OC)c(OC)c1)NC1CC1C. The predicted molar refractivity (Wildman–Crippen MR) is 92.8 cm³/mol. The standard InChI is InChI=1S/C16H24BrN3O2/c1-5-18-16(20-13-6-10(13)2)19-9-11-7-12(17)15(22-4)14(8-11)21-3/h7-8,10,13H,5-6,9H2,1-4H3,(H2,18,19,20). The summed E-state index contributed by atoms with van der Waals surface area (Å²) >= 11 is 3.51. The Kier molecular flexibility index (Phi) is 5.94. The van der Waals surface area contributed by atoms with Gasteiger partial charge in [-0.3, -0.25) is 0 Å². The summed E-state index contributed by atoms with van der Waals surface area (Å²) in [5.41, 5.74) is 1.06. The third kappa shape index (κ3) is 4.29. The van der Waals surface area contributed by atoms with E-state index in [-0.39, 0.29) is 0 Å². The molecule has 0 aliphatic heterocycles. The Hall–Kier alpha value is -1.43. The highest BCUT2D eigenvalue weighted by atomic mass is 79.9. The van der Waals surface area contributed by atoms with E-state index in [1.54, 1.807) is 14.2 Å². The van der Waals surface area contributed by atoms with Crippen molar-refractivity contribution in [3.8, 4) is 11.5 Å². The van der Waals surface area contributed by atoms with Crippen LogP contribution in [0.5, 0.6) is 11.5 Å².